The molecule has 150 valence electrons. The fourth-order valence-electron chi connectivity index (χ4n) is 2.84. The number of ether oxygens (including phenoxy) is 1. The van der Waals surface area contributed by atoms with Gasteiger partial charge in [0.05, 0.1) is 4.90 Å². The number of rotatable bonds is 6. The van der Waals surface area contributed by atoms with Gasteiger partial charge in [0.1, 0.15) is 12.1 Å². The fraction of sp³-hybridized carbons (Fsp3) is 0.579. The molecule has 0 aliphatic carbocycles. The highest BCUT2D eigenvalue weighted by Crippen LogP contribution is 2.28. The number of hydrogen-bond acceptors (Lipinski definition) is 5. The van der Waals surface area contributed by atoms with Crippen LogP contribution in [0.4, 0.5) is 5.69 Å². The molecule has 0 saturated heterocycles. The summed E-state index contributed by atoms with van der Waals surface area (Å²) in [4.78, 5) is 23.9. The van der Waals surface area contributed by atoms with E-state index in [-0.39, 0.29) is 23.4 Å². The quantitative estimate of drug-likeness (QED) is 0.746. The summed E-state index contributed by atoms with van der Waals surface area (Å²) >= 11 is 0. The van der Waals surface area contributed by atoms with Crippen LogP contribution >= 0.6 is 0 Å². The number of anilines is 1. The second-order valence-electron chi connectivity index (χ2n) is 7.76. The van der Waals surface area contributed by atoms with E-state index in [9.17, 15) is 18.0 Å². The number of nitrogens with zero attached hydrogens (tertiary/aromatic N) is 1. The fourth-order valence-corrected chi connectivity index (χ4v) is 4.54. The zero-order chi connectivity index (χ0) is 20.4. The third-order valence-corrected chi connectivity index (χ3v) is 6.32. The Labute approximate surface area is 161 Å². The van der Waals surface area contributed by atoms with E-state index in [0.717, 1.165) is 5.56 Å². The van der Waals surface area contributed by atoms with Crippen LogP contribution in [0, 0.1) is 0 Å². The van der Waals surface area contributed by atoms with Gasteiger partial charge in [0.2, 0.25) is 15.9 Å². The Balaban J connectivity index is 2.34. The van der Waals surface area contributed by atoms with Gasteiger partial charge in [0.25, 0.3) is 0 Å². The van der Waals surface area contributed by atoms with Crippen molar-refractivity contribution < 1.29 is 22.7 Å². The van der Waals surface area contributed by atoms with Gasteiger partial charge in [-0.3, -0.25) is 9.59 Å². The molecule has 1 aromatic carbocycles. The standard InChI is InChI=1S/C19H28N2O5S/c1-6-13(2)21(12-18(23)26-19(3,4)5)27(24,25)15-8-9-16-14(11-15)7-10-17(22)20-16/h8-9,11,13H,6-7,10,12H2,1-5H3,(H,20,22)/t13-/m0/s1. The van der Waals surface area contributed by atoms with Crippen LogP contribution in [0.2, 0.25) is 0 Å². The molecule has 7 nitrogen and oxygen atoms in total. The van der Waals surface area contributed by atoms with E-state index in [2.05, 4.69) is 5.32 Å². The minimum atomic E-state index is -3.89. The van der Waals surface area contributed by atoms with E-state index in [1.165, 1.54) is 10.4 Å². The van der Waals surface area contributed by atoms with Crippen molar-refractivity contribution in [2.45, 2.75) is 70.4 Å². The molecule has 1 N–H and O–H groups in total. The summed E-state index contributed by atoms with van der Waals surface area (Å²) in [5, 5.41) is 2.74. The van der Waals surface area contributed by atoms with Gasteiger partial charge in [-0.2, -0.15) is 4.31 Å². The maximum atomic E-state index is 13.2. The lowest BCUT2D eigenvalue weighted by molar-refractivity contribution is -0.155. The highest BCUT2D eigenvalue weighted by molar-refractivity contribution is 7.89. The lowest BCUT2D eigenvalue weighted by Crippen LogP contribution is -2.43. The van der Waals surface area contributed by atoms with Crippen molar-refractivity contribution in [2.24, 2.45) is 0 Å². The zero-order valence-corrected chi connectivity index (χ0v) is 17.4. The smallest absolute Gasteiger partial charge is 0.321 e. The largest absolute Gasteiger partial charge is 0.459 e. The SMILES string of the molecule is CC[C@H](C)N(CC(=O)OC(C)(C)C)S(=O)(=O)c1ccc2c(c1)CCC(=O)N2. The van der Waals surface area contributed by atoms with Crippen LogP contribution in [0.1, 0.15) is 53.0 Å². The number of hydrogen-bond donors (Lipinski definition) is 1. The predicted molar refractivity (Wildman–Crippen MR) is 103 cm³/mol. The highest BCUT2D eigenvalue weighted by Gasteiger charge is 2.32. The maximum absolute atomic E-state index is 13.2. The monoisotopic (exact) mass is 396 g/mol. The number of sulfonamides is 1. The number of carbonyl (C=O) groups is 2. The summed E-state index contributed by atoms with van der Waals surface area (Å²) < 4.78 is 32.9. The van der Waals surface area contributed by atoms with Crippen molar-refractivity contribution in [1.82, 2.24) is 4.31 Å². The molecule has 0 unspecified atom stereocenters. The number of nitrogens with one attached hydrogen (secondary N) is 1. The van der Waals surface area contributed by atoms with Crippen molar-refractivity contribution in [3.63, 3.8) is 0 Å². The Kier molecular flexibility index (Phi) is 6.32. The molecule has 1 aliphatic heterocycles. The minimum Gasteiger partial charge on any atom is -0.459 e. The van der Waals surface area contributed by atoms with Crippen LogP contribution in [0.25, 0.3) is 0 Å². The second-order valence-corrected chi connectivity index (χ2v) is 9.65. The molecule has 0 fully saturated rings. The molecule has 1 heterocycles. The van der Waals surface area contributed by atoms with Crippen molar-refractivity contribution in [3.8, 4) is 0 Å². The number of aryl methyl sites for hydroxylation is 1. The Bertz CT molecular complexity index is 827. The first-order valence-corrected chi connectivity index (χ1v) is 10.5. The number of fused-ring (bicyclic) bond motifs is 1. The van der Waals surface area contributed by atoms with Gasteiger partial charge in [0, 0.05) is 18.2 Å². The summed E-state index contributed by atoms with van der Waals surface area (Å²) in [5.41, 5.74) is 0.718. The molecule has 0 aromatic heterocycles. The normalized spacial score (nSPS) is 15.9. The summed E-state index contributed by atoms with van der Waals surface area (Å²) in [6.45, 7) is 8.51. The van der Waals surface area contributed by atoms with Gasteiger partial charge in [-0.25, -0.2) is 8.42 Å². The molecule has 27 heavy (non-hydrogen) atoms. The number of benzene rings is 1. The van der Waals surface area contributed by atoms with E-state index >= 15 is 0 Å². The average Bonchev–Trinajstić information content (AvgIpc) is 2.56. The first-order chi connectivity index (χ1) is 12.4. The summed E-state index contributed by atoms with van der Waals surface area (Å²) in [6, 6.07) is 4.28. The third-order valence-electron chi connectivity index (χ3n) is 4.37. The molecular formula is C19H28N2O5S. The van der Waals surface area contributed by atoms with Crippen LogP contribution < -0.4 is 5.32 Å². The second kappa shape index (κ2) is 7.98. The number of esters is 1. The number of carbonyl (C=O) groups excluding carboxylic acids is 2. The molecule has 1 atom stereocenters. The average molecular weight is 397 g/mol. The van der Waals surface area contributed by atoms with Crippen molar-refractivity contribution in [1.29, 1.82) is 0 Å². The van der Waals surface area contributed by atoms with Crippen molar-refractivity contribution in [3.05, 3.63) is 23.8 Å². The Morgan fingerprint density at radius 3 is 2.56 bits per heavy atom. The van der Waals surface area contributed by atoms with E-state index in [1.807, 2.05) is 6.92 Å². The molecule has 1 aliphatic rings. The van der Waals surface area contributed by atoms with Crippen LogP contribution in [0.3, 0.4) is 0 Å². The lowest BCUT2D eigenvalue weighted by Gasteiger charge is -2.29. The molecule has 0 spiro atoms. The summed E-state index contributed by atoms with van der Waals surface area (Å²) in [5.74, 6) is -0.666. The summed E-state index contributed by atoms with van der Waals surface area (Å²) in [7, 11) is -3.89. The molecule has 0 radical (unpaired) electrons. The first kappa shape index (κ1) is 21.4. The van der Waals surface area contributed by atoms with Gasteiger partial charge in [-0.15, -0.1) is 0 Å². The third kappa shape index (κ3) is 5.29. The lowest BCUT2D eigenvalue weighted by atomic mass is 10.0. The van der Waals surface area contributed by atoms with Crippen molar-refractivity contribution >= 4 is 27.6 Å². The van der Waals surface area contributed by atoms with Crippen molar-refractivity contribution in [2.75, 3.05) is 11.9 Å². The van der Waals surface area contributed by atoms with Crippen LogP contribution in [-0.4, -0.2) is 42.8 Å². The van der Waals surface area contributed by atoms with Crippen LogP contribution in [0.15, 0.2) is 23.1 Å². The summed E-state index contributed by atoms with van der Waals surface area (Å²) in [6.07, 6.45) is 1.37. The topological polar surface area (TPSA) is 92.8 Å². The molecule has 1 amide bonds. The van der Waals surface area contributed by atoms with Crippen LogP contribution in [0.5, 0.6) is 0 Å². The van der Waals surface area contributed by atoms with Gasteiger partial charge in [0.15, 0.2) is 0 Å². The van der Waals surface area contributed by atoms with Gasteiger partial charge < -0.3 is 10.1 Å². The van der Waals surface area contributed by atoms with E-state index in [4.69, 9.17) is 4.74 Å². The molecule has 0 saturated carbocycles. The van der Waals surface area contributed by atoms with E-state index in [0.29, 0.717) is 24.9 Å². The Morgan fingerprint density at radius 2 is 1.96 bits per heavy atom. The molecular weight excluding hydrogens is 368 g/mol. The highest BCUT2D eigenvalue weighted by atomic mass is 32.2. The first-order valence-electron chi connectivity index (χ1n) is 9.10. The van der Waals surface area contributed by atoms with Gasteiger partial charge >= 0.3 is 5.97 Å². The Hall–Kier alpha value is -1.93. The van der Waals surface area contributed by atoms with Gasteiger partial charge in [-0.05, 0) is 64.3 Å². The minimum absolute atomic E-state index is 0.0794. The maximum Gasteiger partial charge on any atom is 0.321 e. The zero-order valence-electron chi connectivity index (χ0n) is 16.5. The van der Waals surface area contributed by atoms with E-state index < -0.39 is 21.6 Å². The Morgan fingerprint density at radius 1 is 1.30 bits per heavy atom. The molecule has 1 aromatic rings. The predicted octanol–water partition coefficient (Wildman–Crippen LogP) is 2.70. The van der Waals surface area contributed by atoms with E-state index in [1.54, 1.807) is 39.8 Å². The number of amides is 1. The van der Waals surface area contributed by atoms with Gasteiger partial charge in [-0.1, -0.05) is 6.92 Å². The molecule has 0 bridgehead atoms. The van der Waals surface area contributed by atoms with Crippen LogP contribution in [-0.2, 0) is 30.8 Å². The molecule has 8 heteroatoms. The molecule has 2 rings (SSSR count).